The molecule has 0 aliphatic heterocycles. The fourth-order valence-corrected chi connectivity index (χ4v) is 5.32. The molecule has 178 valence electrons. The number of rotatable bonds is 3. The van der Waals surface area contributed by atoms with Gasteiger partial charge in [0.15, 0.2) is 11.4 Å². The summed E-state index contributed by atoms with van der Waals surface area (Å²) < 4.78 is 94.1. The largest absolute Gasteiger partial charge is 0.456 e. The Morgan fingerprint density at radius 1 is 1.03 bits per heavy atom. The molecule has 2 heterocycles. The van der Waals surface area contributed by atoms with Gasteiger partial charge in [0.1, 0.15) is 18.2 Å². The second-order valence-corrected chi connectivity index (χ2v) is 9.36. The quantitative estimate of drug-likeness (QED) is 0.186. The fourth-order valence-electron chi connectivity index (χ4n) is 5.32. The van der Waals surface area contributed by atoms with Crippen molar-refractivity contribution in [1.29, 1.82) is 0 Å². The molecule has 1 fully saturated rings. The van der Waals surface area contributed by atoms with Gasteiger partial charge in [-0.3, -0.25) is 0 Å². The van der Waals surface area contributed by atoms with Gasteiger partial charge in [0.25, 0.3) is 0 Å². The molecule has 5 aromatic rings. The lowest BCUT2D eigenvalue weighted by Crippen LogP contribution is -2.36. The maximum atomic E-state index is 9.52. The summed E-state index contributed by atoms with van der Waals surface area (Å²) in [5, 5.41) is 1.16. The molecular formula is C33H31N2O+. The highest BCUT2D eigenvalue weighted by Gasteiger charge is 2.28. The summed E-state index contributed by atoms with van der Waals surface area (Å²) in [6.45, 7) is 8.86. The van der Waals surface area contributed by atoms with Gasteiger partial charge in [-0.2, -0.15) is 4.57 Å². The molecule has 0 saturated heterocycles. The molecule has 1 aliphatic carbocycles. The summed E-state index contributed by atoms with van der Waals surface area (Å²) in [6.07, 6.45) is 2.42. The Balaban J connectivity index is 1.78. The van der Waals surface area contributed by atoms with Crippen LogP contribution in [-0.2, 0) is 7.05 Å². The van der Waals surface area contributed by atoms with Crippen LogP contribution in [0.1, 0.15) is 67.7 Å². The predicted molar refractivity (Wildman–Crippen MR) is 147 cm³/mol. The van der Waals surface area contributed by atoms with Gasteiger partial charge in [-0.05, 0) is 49.2 Å². The number of aromatic nitrogens is 1. The number of aryl methyl sites for hydroxylation is 1. The van der Waals surface area contributed by atoms with Crippen molar-refractivity contribution in [3.05, 3.63) is 94.3 Å². The number of fused-ring (bicyclic) bond motifs is 3. The monoisotopic (exact) mass is 481 g/mol. The number of nitrogens with zero attached hydrogens (tertiary/aromatic N) is 2. The smallest absolute Gasteiger partial charge is 0.216 e. The van der Waals surface area contributed by atoms with Crippen molar-refractivity contribution in [3.63, 3.8) is 0 Å². The Hall–Kier alpha value is -3.90. The summed E-state index contributed by atoms with van der Waals surface area (Å²) >= 11 is 0. The molecule has 3 aromatic carbocycles. The van der Waals surface area contributed by atoms with Gasteiger partial charge in [-0.25, -0.2) is 4.85 Å². The number of hydrogen-bond acceptors (Lipinski definition) is 1. The first-order valence-electron chi connectivity index (χ1n) is 17.0. The van der Waals surface area contributed by atoms with E-state index >= 15 is 0 Å². The van der Waals surface area contributed by atoms with Gasteiger partial charge < -0.3 is 4.42 Å². The van der Waals surface area contributed by atoms with Crippen LogP contribution in [0.3, 0.4) is 0 Å². The molecule has 0 atom stereocenters. The minimum Gasteiger partial charge on any atom is -0.456 e. The van der Waals surface area contributed by atoms with E-state index in [1.807, 2.05) is 19.1 Å². The third-order valence-corrected chi connectivity index (χ3v) is 7.36. The Morgan fingerprint density at radius 2 is 1.72 bits per heavy atom. The normalized spacial score (nSPS) is 19.3. The zero-order chi connectivity index (χ0) is 33.6. The average Bonchev–Trinajstić information content (AvgIpc) is 3.61. The van der Waals surface area contributed by atoms with Crippen LogP contribution in [-0.4, -0.2) is 0 Å². The molecule has 3 heteroatoms. The molecule has 6 rings (SSSR count). The maximum Gasteiger partial charge on any atom is 0.216 e. The lowest BCUT2D eigenvalue weighted by molar-refractivity contribution is -0.667. The Labute approximate surface area is 226 Å². The Kier molecular flexibility index (Phi) is 3.36. The molecule has 0 spiro atoms. The third kappa shape index (κ3) is 3.36. The Bertz CT molecular complexity index is 2140. The molecule has 0 N–H and O–H groups in total. The molecule has 2 aromatic heterocycles. The van der Waals surface area contributed by atoms with E-state index in [0.717, 1.165) is 18.4 Å². The van der Waals surface area contributed by atoms with Gasteiger partial charge in [0.05, 0.1) is 20.4 Å². The van der Waals surface area contributed by atoms with Crippen LogP contribution in [0.15, 0.2) is 64.9 Å². The van der Waals surface area contributed by atoms with Crippen molar-refractivity contribution in [3.8, 4) is 22.4 Å². The van der Waals surface area contributed by atoms with E-state index in [1.54, 1.807) is 24.6 Å². The zero-order valence-corrected chi connectivity index (χ0v) is 20.4. The molecule has 1 saturated carbocycles. The van der Waals surface area contributed by atoms with Gasteiger partial charge in [-0.1, -0.05) is 67.3 Å². The van der Waals surface area contributed by atoms with Crippen LogP contribution in [0.25, 0.3) is 49.2 Å². The number of hydrogen-bond donors (Lipinski definition) is 0. The number of benzene rings is 3. The van der Waals surface area contributed by atoms with E-state index in [9.17, 15) is 2.74 Å². The van der Waals surface area contributed by atoms with Crippen LogP contribution >= 0.6 is 0 Å². The molecular weight excluding hydrogens is 440 g/mol. The lowest BCUT2D eigenvalue weighted by atomic mass is 9.90. The Morgan fingerprint density at radius 3 is 2.42 bits per heavy atom. The van der Waals surface area contributed by atoms with Gasteiger partial charge >= 0.3 is 0 Å². The topological polar surface area (TPSA) is 21.4 Å². The molecule has 3 nitrogen and oxygen atoms in total. The standard InChI is InChI=1S/C33H31N2O/c1-20-15-16-25-26-17-18-28(34-4)31(24-13-7-6-8-14-24)33(26)36-32(25)30(20)29-19-27(23-11-9-10-12-23)21(2)22(3)35(29)5/h6-8,13-19,23H,9-12H2,1-3,5H3/q+1/i2D3,6D,7D,8D,13D,14D,19D,23D. The summed E-state index contributed by atoms with van der Waals surface area (Å²) in [7, 11) is 1.70. The van der Waals surface area contributed by atoms with Gasteiger partial charge in [0, 0.05) is 40.3 Å². The van der Waals surface area contributed by atoms with Crippen LogP contribution in [0.5, 0.6) is 0 Å². The first-order valence-corrected chi connectivity index (χ1v) is 12.0. The van der Waals surface area contributed by atoms with Crippen molar-refractivity contribution in [2.75, 3.05) is 0 Å². The summed E-state index contributed by atoms with van der Waals surface area (Å²) in [6, 6.07) is 4.34. The predicted octanol–water partition coefficient (Wildman–Crippen LogP) is 8.88. The molecule has 0 amide bonds. The highest BCUT2D eigenvalue weighted by Crippen LogP contribution is 2.45. The van der Waals surface area contributed by atoms with Crippen molar-refractivity contribution < 1.29 is 22.7 Å². The summed E-state index contributed by atoms with van der Waals surface area (Å²) in [5.74, 6) is -1.23. The molecule has 0 bridgehead atoms. The molecule has 0 radical (unpaired) electrons. The van der Waals surface area contributed by atoms with Gasteiger partial charge in [0.2, 0.25) is 5.69 Å². The SMILES string of the molecule is [2H]c1c([2H])c([2H])c(-c2c([N+]#[C-])ccc3c2oc2c(-c4c([2H])c(C5([2H])CCCC5)c(C([2H])([2H])[2H])c(C)[n+]4C)c(C)ccc23)c([2H])c1[2H]. The van der Waals surface area contributed by atoms with Crippen molar-refractivity contribution in [2.24, 2.45) is 7.05 Å². The van der Waals surface area contributed by atoms with E-state index in [1.165, 1.54) is 6.07 Å². The van der Waals surface area contributed by atoms with Crippen molar-refractivity contribution in [2.45, 2.75) is 52.3 Å². The van der Waals surface area contributed by atoms with Crippen molar-refractivity contribution in [1.82, 2.24) is 0 Å². The van der Waals surface area contributed by atoms with Crippen molar-refractivity contribution >= 4 is 27.6 Å². The second-order valence-electron chi connectivity index (χ2n) is 9.36. The highest BCUT2D eigenvalue weighted by molar-refractivity contribution is 6.15. The maximum absolute atomic E-state index is 9.52. The van der Waals surface area contributed by atoms with E-state index in [2.05, 4.69) is 4.85 Å². The lowest BCUT2D eigenvalue weighted by Gasteiger charge is -2.16. The minimum atomic E-state index is -2.54. The van der Waals surface area contributed by atoms with E-state index in [0.29, 0.717) is 46.1 Å². The average molecular weight is 482 g/mol. The molecule has 1 aliphatic rings. The van der Waals surface area contributed by atoms with E-state index in [-0.39, 0.29) is 39.6 Å². The fraction of sp³-hybridized carbons (Fsp3) is 0.273. The van der Waals surface area contributed by atoms with E-state index < -0.39 is 43.0 Å². The number of furan rings is 1. The second kappa shape index (κ2) is 8.64. The first-order chi connectivity index (χ1) is 21.5. The van der Waals surface area contributed by atoms with Crippen LogP contribution < -0.4 is 4.57 Å². The number of pyridine rings is 1. The zero-order valence-electron chi connectivity index (χ0n) is 30.4. The molecule has 0 unspecified atom stereocenters. The first kappa shape index (κ1) is 14.0. The minimum absolute atomic E-state index is 0.0280. The summed E-state index contributed by atoms with van der Waals surface area (Å²) in [4.78, 5) is 3.61. The van der Waals surface area contributed by atoms with Gasteiger partial charge in [-0.15, -0.1) is 0 Å². The van der Waals surface area contributed by atoms with Crippen LogP contribution in [0.2, 0.25) is 0 Å². The van der Waals surface area contributed by atoms with Crippen LogP contribution in [0.4, 0.5) is 5.69 Å². The van der Waals surface area contributed by atoms with E-state index in [4.69, 9.17) is 22.0 Å². The highest BCUT2D eigenvalue weighted by atomic mass is 16.3. The summed E-state index contributed by atoms with van der Waals surface area (Å²) in [5.41, 5.74) is 2.75. The third-order valence-electron chi connectivity index (χ3n) is 7.36. The van der Waals surface area contributed by atoms with Crippen LogP contribution in [0, 0.1) is 27.3 Å². The molecule has 36 heavy (non-hydrogen) atoms.